The van der Waals surface area contributed by atoms with E-state index >= 15 is 0 Å². The maximum Gasteiger partial charge on any atom is 0.404 e. The molecule has 82 valence electrons. The number of hydrogen-bond acceptors (Lipinski definition) is 2. The second-order valence-electron chi connectivity index (χ2n) is 3.62. The van der Waals surface area contributed by atoms with E-state index in [0.29, 0.717) is 0 Å². The summed E-state index contributed by atoms with van der Waals surface area (Å²) in [6.45, 7) is 0. The quantitative estimate of drug-likeness (QED) is 0.693. The molecule has 6 heteroatoms. The van der Waals surface area contributed by atoms with Gasteiger partial charge in [0, 0.05) is 0 Å². The van der Waals surface area contributed by atoms with Crippen LogP contribution in [0.4, 0.5) is 13.2 Å². The molecule has 0 spiro atoms. The van der Waals surface area contributed by atoms with Crippen molar-refractivity contribution in [3.05, 3.63) is 0 Å². The van der Waals surface area contributed by atoms with Crippen molar-refractivity contribution in [2.75, 3.05) is 0 Å². The second-order valence-corrected chi connectivity index (χ2v) is 3.62. The third-order valence-corrected chi connectivity index (χ3v) is 2.76. The summed E-state index contributed by atoms with van der Waals surface area (Å²) in [7, 11) is 0. The molecule has 1 aliphatic rings. The third kappa shape index (κ3) is 1.70. The first kappa shape index (κ1) is 11.3. The lowest BCUT2D eigenvalue weighted by Gasteiger charge is -2.36. The zero-order valence-corrected chi connectivity index (χ0v) is 7.34. The van der Waals surface area contributed by atoms with E-state index in [0.717, 1.165) is 0 Å². The Balaban J connectivity index is 2.90. The van der Waals surface area contributed by atoms with E-state index in [1.54, 1.807) is 0 Å². The zero-order chi connectivity index (χ0) is 11.0. The van der Waals surface area contributed by atoms with Crippen LogP contribution in [-0.4, -0.2) is 28.5 Å². The molecule has 1 saturated carbocycles. The minimum Gasteiger partial charge on any atom is -0.481 e. The van der Waals surface area contributed by atoms with Crippen LogP contribution in [0.3, 0.4) is 0 Å². The molecule has 2 N–H and O–H groups in total. The van der Waals surface area contributed by atoms with Gasteiger partial charge in [0.1, 0.15) is 0 Å². The van der Waals surface area contributed by atoms with E-state index in [4.69, 9.17) is 10.2 Å². The Morgan fingerprint density at radius 3 is 2.00 bits per heavy atom. The smallest absolute Gasteiger partial charge is 0.404 e. The van der Waals surface area contributed by atoms with Crippen LogP contribution >= 0.6 is 0 Å². The van der Waals surface area contributed by atoms with Gasteiger partial charge in [-0.2, -0.15) is 13.2 Å². The van der Waals surface area contributed by atoms with E-state index in [1.807, 2.05) is 0 Å². The summed E-state index contributed by atoms with van der Waals surface area (Å²) in [5.41, 5.74) is -2.65. The van der Waals surface area contributed by atoms with E-state index in [2.05, 4.69) is 0 Å². The number of carboxylic acid groups (broad SMARTS) is 1. The van der Waals surface area contributed by atoms with Gasteiger partial charge in [-0.05, 0) is 25.7 Å². The molecule has 0 bridgehead atoms. The minimum atomic E-state index is -4.74. The van der Waals surface area contributed by atoms with Crippen molar-refractivity contribution < 1.29 is 28.2 Å². The fourth-order valence-corrected chi connectivity index (χ4v) is 1.71. The molecule has 0 aliphatic heterocycles. The molecule has 0 unspecified atom stereocenters. The summed E-state index contributed by atoms with van der Waals surface area (Å²) in [4.78, 5) is 10.6. The molecule has 0 aromatic rings. The molecule has 1 rings (SSSR count). The van der Waals surface area contributed by atoms with Crippen molar-refractivity contribution in [2.24, 2.45) is 5.41 Å². The molecule has 0 aromatic carbocycles. The molecule has 1 aliphatic carbocycles. The average molecular weight is 212 g/mol. The zero-order valence-electron chi connectivity index (χ0n) is 7.34. The molecular formula is C8H11F3O3. The number of rotatable bonds is 1. The van der Waals surface area contributed by atoms with Crippen molar-refractivity contribution in [2.45, 2.75) is 38.0 Å². The van der Waals surface area contributed by atoms with Gasteiger partial charge in [-0.1, -0.05) is 0 Å². The van der Waals surface area contributed by atoms with E-state index in [1.165, 1.54) is 0 Å². The van der Waals surface area contributed by atoms with Crippen molar-refractivity contribution in [1.82, 2.24) is 0 Å². The first-order valence-corrected chi connectivity index (χ1v) is 4.28. The highest BCUT2D eigenvalue weighted by Gasteiger charge is 2.61. The molecule has 14 heavy (non-hydrogen) atoms. The van der Waals surface area contributed by atoms with Gasteiger partial charge in [0.05, 0.1) is 6.10 Å². The van der Waals surface area contributed by atoms with E-state index < -0.39 is 36.5 Å². The first-order valence-electron chi connectivity index (χ1n) is 4.28. The van der Waals surface area contributed by atoms with Gasteiger partial charge in [0.2, 0.25) is 0 Å². The van der Waals surface area contributed by atoms with Gasteiger partial charge in [-0.15, -0.1) is 0 Å². The molecule has 1 fully saturated rings. The molecule has 0 heterocycles. The van der Waals surface area contributed by atoms with Crippen LogP contribution in [0.2, 0.25) is 0 Å². The number of carbonyl (C=O) groups is 1. The first-order chi connectivity index (χ1) is 6.29. The molecule has 3 nitrogen and oxygen atoms in total. The predicted octanol–water partition coefficient (Wildman–Crippen LogP) is 1.55. The number of aliphatic hydroxyl groups is 1. The van der Waals surface area contributed by atoms with Crippen LogP contribution < -0.4 is 0 Å². The van der Waals surface area contributed by atoms with Crippen LogP contribution in [0.25, 0.3) is 0 Å². The minimum absolute atomic E-state index is 0.105. The van der Waals surface area contributed by atoms with Crippen molar-refractivity contribution >= 4 is 5.97 Å². The Kier molecular flexibility index (Phi) is 2.76. The lowest BCUT2D eigenvalue weighted by Crippen LogP contribution is -2.48. The lowest BCUT2D eigenvalue weighted by molar-refractivity contribution is -0.242. The summed E-state index contributed by atoms with van der Waals surface area (Å²) in [6, 6.07) is 0. The number of alkyl halides is 3. The topological polar surface area (TPSA) is 57.5 Å². The molecular weight excluding hydrogens is 201 g/mol. The highest BCUT2D eigenvalue weighted by atomic mass is 19.4. The number of halogens is 3. The summed E-state index contributed by atoms with van der Waals surface area (Å²) in [5.74, 6) is -1.84. The normalized spacial score (nSPS) is 34.1. The van der Waals surface area contributed by atoms with E-state index in [9.17, 15) is 18.0 Å². The van der Waals surface area contributed by atoms with Gasteiger partial charge >= 0.3 is 12.1 Å². The summed E-state index contributed by atoms with van der Waals surface area (Å²) >= 11 is 0. The number of carboxylic acids is 1. The molecule has 0 saturated heterocycles. The Morgan fingerprint density at radius 2 is 1.71 bits per heavy atom. The van der Waals surface area contributed by atoms with Gasteiger partial charge < -0.3 is 10.2 Å². The van der Waals surface area contributed by atoms with Crippen molar-refractivity contribution in [3.63, 3.8) is 0 Å². The van der Waals surface area contributed by atoms with Crippen LogP contribution in [0.1, 0.15) is 25.7 Å². The average Bonchev–Trinajstić information content (AvgIpc) is 2.02. The largest absolute Gasteiger partial charge is 0.481 e. The number of aliphatic carboxylic acids is 1. The Labute approximate surface area is 78.5 Å². The van der Waals surface area contributed by atoms with Crippen molar-refractivity contribution in [1.29, 1.82) is 0 Å². The predicted molar refractivity (Wildman–Crippen MR) is 40.6 cm³/mol. The highest BCUT2D eigenvalue weighted by Crippen LogP contribution is 2.49. The fourth-order valence-electron chi connectivity index (χ4n) is 1.71. The Bertz CT molecular complexity index is 228. The third-order valence-electron chi connectivity index (χ3n) is 2.76. The summed E-state index contributed by atoms with van der Waals surface area (Å²) in [6.07, 6.45) is -6.82. The van der Waals surface area contributed by atoms with Crippen LogP contribution in [0.15, 0.2) is 0 Å². The molecule has 0 atom stereocenters. The SMILES string of the molecule is O=C(O)C1(C(F)(F)F)CCC(O)CC1. The van der Waals surface area contributed by atoms with Crippen LogP contribution in [0.5, 0.6) is 0 Å². The standard InChI is InChI=1S/C8H11F3O3/c9-8(10,11)7(6(13)14)3-1-5(12)2-4-7/h5,12H,1-4H2,(H,13,14). The maximum absolute atomic E-state index is 12.5. The van der Waals surface area contributed by atoms with Gasteiger partial charge in [0.25, 0.3) is 0 Å². The number of hydrogen-bond donors (Lipinski definition) is 2. The Morgan fingerprint density at radius 1 is 1.29 bits per heavy atom. The van der Waals surface area contributed by atoms with Gasteiger partial charge in [-0.3, -0.25) is 4.79 Å². The molecule has 0 radical (unpaired) electrons. The maximum atomic E-state index is 12.5. The van der Waals surface area contributed by atoms with Crippen molar-refractivity contribution in [3.8, 4) is 0 Å². The molecule has 0 aromatic heterocycles. The Hall–Kier alpha value is -0.780. The highest BCUT2D eigenvalue weighted by molar-refractivity contribution is 5.75. The van der Waals surface area contributed by atoms with Gasteiger partial charge in [-0.25, -0.2) is 0 Å². The molecule has 0 amide bonds. The second kappa shape index (κ2) is 3.42. The fraction of sp³-hybridized carbons (Fsp3) is 0.875. The monoisotopic (exact) mass is 212 g/mol. The van der Waals surface area contributed by atoms with Crippen LogP contribution in [0, 0.1) is 5.41 Å². The summed E-state index contributed by atoms with van der Waals surface area (Å²) < 4.78 is 37.5. The van der Waals surface area contributed by atoms with Gasteiger partial charge in [0.15, 0.2) is 5.41 Å². The van der Waals surface area contributed by atoms with E-state index in [-0.39, 0.29) is 12.8 Å². The lowest BCUT2D eigenvalue weighted by atomic mass is 9.72. The summed E-state index contributed by atoms with van der Waals surface area (Å²) in [5, 5.41) is 17.6. The van der Waals surface area contributed by atoms with Crippen LogP contribution in [-0.2, 0) is 4.79 Å². The number of aliphatic hydroxyl groups excluding tert-OH is 1.